The highest BCUT2D eigenvalue weighted by atomic mass is 32.2. The summed E-state index contributed by atoms with van der Waals surface area (Å²) >= 11 is 1.20. The molecule has 212 valence electrons. The summed E-state index contributed by atoms with van der Waals surface area (Å²) < 4.78 is 61.3. The lowest BCUT2D eigenvalue weighted by atomic mass is 9.97. The van der Waals surface area contributed by atoms with Gasteiger partial charge in [-0.25, -0.2) is 4.79 Å². The largest absolute Gasteiger partial charge is 0.493 e. The summed E-state index contributed by atoms with van der Waals surface area (Å²) in [6, 6.07) is 7.36. The minimum absolute atomic E-state index is 0.00298. The molecule has 9 nitrogen and oxygen atoms in total. The van der Waals surface area contributed by atoms with Crippen molar-refractivity contribution in [1.29, 1.82) is 0 Å². The molecule has 0 radical (unpaired) electrons. The maximum Gasteiger partial charge on any atom is 0.420 e. The van der Waals surface area contributed by atoms with E-state index >= 15 is 0 Å². The summed E-state index contributed by atoms with van der Waals surface area (Å²) in [5.41, 5.74) is -0.890. The highest BCUT2D eigenvalue weighted by molar-refractivity contribution is 8.18. The van der Waals surface area contributed by atoms with Crippen molar-refractivity contribution in [3.63, 3.8) is 0 Å². The minimum Gasteiger partial charge on any atom is -0.493 e. The molecule has 40 heavy (non-hydrogen) atoms. The lowest BCUT2D eigenvalue weighted by Crippen LogP contribution is -2.38. The monoisotopic (exact) mass is 578 g/mol. The van der Waals surface area contributed by atoms with Gasteiger partial charge in [0.1, 0.15) is 5.75 Å². The number of nitrogens with zero attached hydrogens (tertiary/aromatic N) is 2. The number of carbonyl (C=O) groups excluding carboxylic acids is 3. The molecule has 2 aromatic rings. The van der Waals surface area contributed by atoms with Gasteiger partial charge in [-0.15, -0.1) is 0 Å². The number of amides is 1. The van der Waals surface area contributed by atoms with Gasteiger partial charge in [-0.3, -0.25) is 9.59 Å². The smallest absolute Gasteiger partial charge is 0.420 e. The van der Waals surface area contributed by atoms with Crippen LogP contribution in [0.2, 0.25) is 0 Å². The van der Waals surface area contributed by atoms with Gasteiger partial charge in [0.05, 0.1) is 43.3 Å². The van der Waals surface area contributed by atoms with Crippen LogP contribution in [0.5, 0.6) is 17.2 Å². The number of hydrogen-bond donors (Lipinski definition) is 0. The number of hydrogen-bond acceptors (Lipinski definition) is 9. The van der Waals surface area contributed by atoms with Gasteiger partial charge >= 0.3 is 18.1 Å². The first kappa shape index (κ1) is 29.0. The Bertz CT molecular complexity index is 1380. The molecule has 2 aromatic carbocycles. The Hall–Kier alpha value is -4.00. The van der Waals surface area contributed by atoms with Crippen molar-refractivity contribution in [1.82, 2.24) is 4.90 Å². The molecule has 0 aliphatic carbocycles. The van der Waals surface area contributed by atoms with E-state index in [4.69, 9.17) is 14.2 Å². The van der Waals surface area contributed by atoms with E-state index in [1.165, 1.54) is 44.2 Å². The van der Waals surface area contributed by atoms with Crippen LogP contribution in [0, 0.1) is 5.92 Å². The second-order valence-corrected chi connectivity index (χ2v) is 9.82. The lowest BCUT2D eigenvalue weighted by Gasteiger charge is -2.31. The quantitative estimate of drug-likeness (QED) is 0.340. The highest BCUT2D eigenvalue weighted by Gasteiger charge is 2.36. The number of piperidine rings is 1. The number of benzene rings is 2. The Balaban J connectivity index is 1.50. The van der Waals surface area contributed by atoms with Gasteiger partial charge in [0, 0.05) is 13.1 Å². The van der Waals surface area contributed by atoms with Crippen LogP contribution in [0.3, 0.4) is 0 Å². The van der Waals surface area contributed by atoms with Crippen molar-refractivity contribution in [2.45, 2.75) is 19.0 Å². The fourth-order valence-electron chi connectivity index (χ4n) is 4.22. The predicted octanol–water partition coefficient (Wildman–Crippen LogP) is 5.15. The van der Waals surface area contributed by atoms with Gasteiger partial charge in [0.15, 0.2) is 16.7 Å². The number of carbonyl (C=O) groups is 3. The fourth-order valence-corrected chi connectivity index (χ4v) is 5.18. The number of rotatable bonds is 6. The Morgan fingerprint density at radius 1 is 1.00 bits per heavy atom. The van der Waals surface area contributed by atoms with Crippen molar-refractivity contribution in [3.05, 3.63) is 58.0 Å². The van der Waals surface area contributed by atoms with E-state index in [2.05, 4.69) is 9.73 Å². The van der Waals surface area contributed by atoms with Crippen molar-refractivity contribution < 1.29 is 46.5 Å². The molecule has 1 amide bonds. The van der Waals surface area contributed by atoms with Crippen LogP contribution in [-0.2, 0) is 25.2 Å². The summed E-state index contributed by atoms with van der Waals surface area (Å²) in [6.07, 6.45) is -2.01. The maximum absolute atomic E-state index is 13.7. The predicted molar refractivity (Wildman–Crippen MR) is 140 cm³/mol. The zero-order chi connectivity index (χ0) is 29.0. The van der Waals surface area contributed by atoms with Crippen molar-refractivity contribution in [3.8, 4) is 17.2 Å². The van der Waals surface area contributed by atoms with Gasteiger partial charge < -0.3 is 23.8 Å². The topological polar surface area (TPSA) is 104 Å². The highest BCUT2D eigenvalue weighted by Crippen LogP contribution is 2.41. The molecule has 13 heteroatoms. The molecule has 1 saturated heterocycles. The van der Waals surface area contributed by atoms with E-state index in [0.29, 0.717) is 47.6 Å². The molecule has 0 unspecified atom stereocenters. The molecule has 0 atom stereocenters. The molecule has 0 aromatic heterocycles. The van der Waals surface area contributed by atoms with Gasteiger partial charge in [0.25, 0.3) is 5.91 Å². The third kappa shape index (κ3) is 6.41. The summed E-state index contributed by atoms with van der Waals surface area (Å²) in [5.74, 6) is -2.16. The van der Waals surface area contributed by atoms with Gasteiger partial charge in [0.2, 0.25) is 0 Å². The Morgan fingerprint density at radius 3 is 2.33 bits per heavy atom. The summed E-state index contributed by atoms with van der Waals surface area (Å²) in [6.45, 7) is 1.12. The van der Waals surface area contributed by atoms with Crippen LogP contribution in [0.4, 0.5) is 13.2 Å². The molecule has 2 heterocycles. The first-order valence-corrected chi connectivity index (χ1v) is 12.9. The van der Waals surface area contributed by atoms with Crippen LogP contribution in [0.1, 0.15) is 34.3 Å². The number of likely N-dealkylation sites (tertiary alicyclic amines) is 1. The zero-order valence-electron chi connectivity index (χ0n) is 21.7. The molecule has 0 saturated carbocycles. The van der Waals surface area contributed by atoms with Crippen molar-refractivity contribution in [2.24, 2.45) is 10.9 Å². The molecule has 2 aliphatic rings. The van der Waals surface area contributed by atoms with Gasteiger partial charge in [-0.05, 0) is 66.6 Å². The first-order chi connectivity index (χ1) is 19.0. The number of amidine groups is 1. The first-order valence-electron chi connectivity index (χ1n) is 12.0. The van der Waals surface area contributed by atoms with Crippen molar-refractivity contribution in [2.75, 3.05) is 34.4 Å². The van der Waals surface area contributed by atoms with E-state index in [0.717, 1.165) is 13.2 Å². The number of halogens is 3. The summed E-state index contributed by atoms with van der Waals surface area (Å²) in [7, 11) is 3.76. The molecule has 4 rings (SSSR count). The molecular formula is C27H25F3N2O7S. The van der Waals surface area contributed by atoms with Crippen LogP contribution in [0.25, 0.3) is 6.08 Å². The number of methoxy groups -OCH3 is 3. The lowest BCUT2D eigenvalue weighted by molar-refractivity contribution is -0.146. The molecule has 0 N–H and O–H groups in total. The molecule has 0 bridgehead atoms. The molecule has 2 aliphatic heterocycles. The Labute approximate surface area is 231 Å². The van der Waals surface area contributed by atoms with Crippen LogP contribution < -0.4 is 9.47 Å². The molecule has 0 spiro atoms. The van der Waals surface area contributed by atoms with Gasteiger partial charge in [-0.2, -0.15) is 18.2 Å². The third-order valence-electron chi connectivity index (χ3n) is 6.32. The van der Waals surface area contributed by atoms with E-state index < -0.39 is 29.4 Å². The SMILES string of the molecule is COC(=O)c1ccc(Oc2ccc(/C=C3/SC(N4CCC(C(=O)OC)CC4)=NC3=O)cc2OC)c(C(F)(F)F)c1. The average Bonchev–Trinajstić information content (AvgIpc) is 3.32. The number of alkyl halides is 3. The number of aliphatic imine (C=N–C) groups is 1. The van der Waals surface area contributed by atoms with E-state index in [9.17, 15) is 27.6 Å². The number of ether oxygens (including phenoxy) is 4. The summed E-state index contributed by atoms with van der Waals surface area (Å²) in [5, 5.41) is 0.543. The maximum atomic E-state index is 13.7. The normalized spacial score (nSPS) is 17.1. The third-order valence-corrected chi connectivity index (χ3v) is 7.37. The van der Waals surface area contributed by atoms with Crippen LogP contribution >= 0.6 is 11.8 Å². The second kappa shape index (κ2) is 12.0. The van der Waals surface area contributed by atoms with E-state index in [1.54, 1.807) is 12.1 Å². The molecule has 1 fully saturated rings. The van der Waals surface area contributed by atoms with Crippen LogP contribution in [-0.4, -0.2) is 62.3 Å². The zero-order valence-corrected chi connectivity index (χ0v) is 22.6. The van der Waals surface area contributed by atoms with E-state index in [1.807, 2.05) is 4.90 Å². The minimum atomic E-state index is -4.80. The van der Waals surface area contributed by atoms with Crippen LogP contribution in [0.15, 0.2) is 46.3 Å². The van der Waals surface area contributed by atoms with E-state index in [-0.39, 0.29) is 28.9 Å². The number of thioether (sulfide) groups is 1. The van der Waals surface area contributed by atoms with Gasteiger partial charge in [-0.1, -0.05) is 6.07 Å². The fraction of sp³-hybridized carbons (Fsp3) is 0.333. The number of esters is 2. The Kier molecular flexibility index (Phi) is 8.72. The average molecular weight is 579 g/mol. The standard InChI is InChI=1S/C27H25F3N2O7S/c1-36-21-12-15(13-22-23(33)31-26(40-22)32-10-8-16(9-11-32)24(34)37-2)4-6-20(21)39-19-7-5-17(25(35)38-3)14-18(19)27(28,29)30/h4-7,12-14,16H,8-11H2,1-3H3/b22-13+. The Morgan fingerprint density at radius 2 is 1.70 bits per heavy atom. The molecular weight excluding hydrogens is 553 g/mol. The summed E-state index contributed by atoms with van der Waals surface area (Å²) in [4.78, 5) is 42.5. The van der Waals surface area contributed by atoms with Crippen molar-refractivity contribution >= 4 is 40.9 Å². The second-order valence-electron chi connectivity index (χ2n) is 8.81.